The third-order valence-electron chi connectivity index (χ3n) is 4.84. The summed E-state index contributed by atoms with van der Waals surface area (Å²) in [6.07, 6.45) is 3.79. The molecular weight excluding hydrogens is 234 g/mol. The van der Waals surface area contributed by atoms with Gasteiger partial charge in [0.1, 0.15) is 0 Å². The van der Waals surface area contributed by atoms with Gasteiger partial charge in [-0.3, -0.25) is 0 Å². The number of hydrogen-bond acceptors (Lipinski definition) is 2. The first-order valence-corrected chi connectivity index (χ1v) is 7.69. The molecule has 2 aliphatic rings. The van der Waals surface area contributed by atoms with Crippen LogP contribution in [0.15, 0.2) is 30.3 Å². The first-order chi connectivity index (χ1) is 9.36. The Hall–Kier alpha value is -0.860. The molecule has 0 radical (unpaired) electrons. The van der Waals surface area contributed by atoms with E-state index in [9.17, 15) is 0 Å². The summed E-state index contributed by atoms with van der Waals surface area (Å²) in [5, 5.41) is 3.63. The van der Waals surface area contributed by atoms with E-state index in [-0.39, 0.29) is 0 Å². The van der Waals surface area contributed by atoms with Crippen LogP contribution in [0.5, 0.6) is 0 Å². The second-order valence-electron chi connectivity index (χ2n) is 6.20. The van der Waals surface area contributed by atoms with Crippen molar-refractivity contribution in [3.05, 3.63) is 35.9 Å². The van der Waals surface area contributed by atoms with E-state index in [4.69, 9.17) is 4.74 Å². The molecule has 1 saturated carbocycles. The highest BCUT2D eigenvalue weighted by Gasteiger charge is 2.54. The smallest absolute Gasteiger partial charge is 0.0538 e. The number of hydrogen-bond donors (Lipinski definition) is 1. The first kappa shape index (κ1) is 13.1. The molecule has 0 spiro atoms. The van der Waals surface area contributed by atoms with Gasteiger partial charge in [-0.25, -0.2) is 0 Å². The molecule has 1 aliphatic heterocycles. The predicted molar refractivity (Wildman–Crippen MR) is 78.3 cm³/mol. The van der Waals surface area contributed by atoms with Gasteiger partial charge in [0.25, 0.3) is 0 Å². The van der Waals surface area contributed by atoms with Crippen molar-refractivity contribution in [1.29, 1.82) is 0 Å². The maximum absolute atomic E-state index is 5.74. The van der Waals surface area contributed by atoms with E-state index in [1.165, 1.54) is 24.8 Å². The van der Waals surface area contributed by atoms with Gasteiger partial charge in [0.2, 0.25) is 0 Å². The number of benzene rings is 1. The minimum absolute atomic E-state index is 0.398. The molecule has 104 valence electrons. The summed E-state index contributed by atoms with van der Waals surface area (Å²) in [6.45, 7) is 6.40. The molecule has 3 atom stereocenters. The van der Waals surface area contributed by atoms with Gasteiger partial charge in [0, 0.05) is 18.6 Å². The Morgan fingerprint density at radius 3 is 2.84 bits per heavy atom. The summed E-state index contributed by atoms with van der Waals surface area (Å²) in [6, 6.07) is 11.0. The second-order valence-corrected chi connectivity index (χ2v) is 6.20. The second kappa shape index (κ2) is 5.64. The Labute approximate surface area is 116 Å². The van der Waals surface area contributed by atoms with E-state index < -0.39 is 0 Å². The molecule has 0 aromatic heterocycles. The van der Waals surface area contributed by atoms with Gasteiger partial charge >= 0.3 is 0 Å². The molecule has 1 aromatic rings. The van der Waals surface area contributed by atoms with Crippen LogP contribution in [0.2, 0.25) is 0 Å². The maximum Gasteiger partial charge on any atom is 0.0538 e. The topological polar surface area (TPSA) is 21.3 Å². The summed E-state index contributed by atoms with van der Waals surface area (Å²) in [5.74, 6) is 1.59. The largest absolute Gasteiger partial charge is 0.381 e. The average molecular weight is 259 g/mol. The van der Waals surface area contributed by atoms with E-state index in [0.29, 0.717) is 5.41 Å². The maximum atomic E-state index is 5.74. The van der Waals surface area contributed by atoms with E-state index in [0.717, 1.165) is 38.1 Å². The molecule has 3 rings (SSSR count). The van der Waals surface area contributed by atoms with Crippen LogP contribution in [0.4, 0.5) is 0 Å². The highest BCUT2D eigenvalue weighted by Crippen LogP contribution is 2.59. The van der Waals surface area contributed by atoms with Crippen LogP contribution >= 0.6 is 0 Å². The van der Waals surface area contributed by atoms with E-state index in [1.54, 1.807) is 0 Å². The monoisotopic (exact) mass is 259 g/mol. The molecule has 1 saturated heterocycles. The summed E-state index contributed by atoms with van der Waals surface area (Å²) in [7, 11) is 0. The van der Waals surface area contributed by atoms with Crippen LogP contribution in [0, 0.1) is 11.3 Å². The molecule has 2 heteroatoms. The van der Waals surface area contributed by atoms with Gasteiger partial charge in [-0.1, -0.05) is 37.3 Å². The molecule has 19 heavy (non-hydrogen) atoms. The SMILES string of the molecule is CCCNCC1(C2CC2c2ccccc2)CCOC1. The summed E-state index contributed by atoms with van der Waals surface area (Å²) >= 11 is 0. The standard InChI is InChI=1S/C17H25NO/c1-2-9-18-12-17(8-10-19-13-17)16-11-15(16)14-6-4-3-5-7-14/h3-7,15-16,18H,2,8-13H2,1H3. The van der Waals surface area contributed by atoms with E-state index >= 15 is 0 Å². The molecule has 0 bridgehead atoms. The Morgan fingerprint density at radius 2 is 2.16 bits per heavy atom. The Bertz CT molecular complexity index is 397. The lowest BCUT2D eigenvalue weighted by Crippen LogP contribution is -2.37. The minimum atomic E-state index is 0.398. The summed E-state index contributed by atoms with van der Waals surface area (Å²) < 4.78 is 5.74. The van der Waals surface area contributed by atoms with Crippen molar-refractivity contribution >= 4 is 0 Å². The molecule has 1 heterocycles. The van der Waals surface area contributed by atoms with E-state index in [1.807, 2.05) is 0 Å². The van der Waals surface area contributed by atoms with Crippen LogP contribution in [-0.2, 0) is 4.74 Å². The van der Waals surface area contributed by atoms with Gasteiger partial charge < -0.3 is 10.1 Å². The van der Waals surface area contributed by atoms with Crippen molar-refractivity contribution in [2.45, 2.75) is 32.1 Å². The zero-order valence-corrected chi connectivity index (χ0v) is 11.9. The highest BCUT2D eigenvalue weighted by molar-refractivity contribution is 5.27. The van der Waals surface area contributed by atoms with Crippen LogP contribution in [0.3, 0.4) is 0 Å². The van der Waals surface area contributed by atoms with Crippen LogP contribution in [-0.4, -0.2) is 26.3 Å². The molecule has 3 unspecified atom stereocenters. The van der Waals surface area contributed by atoms with Crippen LogP contribution < -0.4 is 5.32 Å². The van der Waals surface area contributed by atoms with Crippen molar-refractivity contribution in [3.63, 3.8) is 0 Å². The third-order valence-corrected chi connectivity index (χ3v) is 4.84. The van der Waals surface area contributed by atoms with Crippen LogP contribution in [0.25, 0.3) is 0 Å². The fourth-order valence-corrected chi connectivity index (χ4v) is 3.64. The lowest BCUT2D eigenvalue weighted by molar-refractivity contribution is 0.134. The summed E-state index contributed by atoms with van der Waals surface area (Å²) in [4.78, 5) is 0. The van der Waals surface area contributed by atoms with Gasteiger partial charge in [-0.2, -0.15) is 0 Å². The average Bonchev–Trinajstić information content (AvgIpc) is 3.14. The quantitative estimate of drug-likeness (QED) is 0.792. The molecule has 1 aliphatic carbocycles. The van der Waals surface area contributed by atoms with Crippen molar-refractivity contribution in [2.24, 2.45) is 11.3 Å². The van der Waals surface area contributed by atoms with Crippen molar-refractivity contribution < 1.29 is 4.74 Å². The summed E-state index contributed by atoms with van der Waals surface area (Å²) in [5.41, 5.74) is 1.92. The lowest BCUT2D eigenvalue weighted by atomic mass is 9.80. The van der Waals surface area contributed by atoms with Gasteiger partial charge in [0.15, 0.2) is 0 Å². The van der Waals surface area contributed by atoms with Crippen molar-refractivity contribution in [2.75, 3.05) is 26.3 Å². The predicted octanol–water partition coefficient (Wildman–Crippen LogP) is 3.20. The normalized spacial score (nSPS) is 33.5. The molecule has 2 nitrogen and oxygen atoms in total. The highest BCUT2D eigenvalue weighted by atomic mass is 16.5. The molecule has 1 aromatic carbocycles. The van der Waals surface area contributed by atoms with E-state index in [2.05, 4.69) is 42.6 Å². The number of ether oxygens (including phenoxy) is 1. The van der Waals surface area contributed by atoms with Crippen molar-refractivity contribution in [3.8, 4) is 0 Å². The number of nitrogens with one attached hydrogen (secondary N) is 1. The molecule has 2 fully saturated rings. The Kier molecular flexibility index (Phi) is 3.90. The third kappa shape index (κ3) is 2.70. The zero-order chi connectivity index (χ0) is 13.1. The van der Waals surface area contributed by atoms with Gasteiger partial charge in [0.05, 0.1) is 6.61 Å². The fraction of sp³-hybridized carbons (Fsp3) is 0.647. The Morgan fingerprint density at radius 1 is 1.32 bits per heavy atom. The Balaban J connectivity index is 1.66. The van der Waals surface area contributed by atoms with Crippen LogP contribution in [0.1, 0.15) is 37.7 Å². The molecule has 0 amide bonds. The van der Waals surface area contributed by atoms with Gasteiger partial charge in [-0.15, -0.1) is 0 Å². The van der Waals surface area contributed by atoms with Gasteiger partial charge in [-0.05, 0) is 43.2 Å². The zero-order valence-electron chi connectivity index (χ0n) is 11.9. The lowest BCUT2D eigenvalue weighted by Gasteiger charge is -2.28. The fourth-order valence-electron chi connectivity index (χ4n) is 3.64. The molecule has 1 N–H and O–H groups in total. The number of rotatable bonds is 6. The minimum Gasteiger partial charge on any atom is -0.381 e. The first-order valence-electron chi connectivity index (χ1n) is 7.69. The molecular formula is C17H25NO. The van der Waals surface area contributed by atoms with Crippen molar-refractivity contribution in [1.82, 2.24) is 5.32 Å².